The molecule has 1 aromatic carbocycles. The Hall–Kier alpha value is -1.78. The zero-order valence-corrected chi connectivity index (χ0v) is 15.0. The third-order valence-electron chi connectivity index (χ3n) is 4.87. The fourth-order valence-corrected chi connectivity index (χ4v) is 3.57. The maximum absolute atomic E-state index is 5.93. The Morgan fingerprint density at radius 1 is 1.04 bits per heavy atom. The SMILES string of the molecule is CCC[C@H]1CC[C@H](C#Cc2ccc(-c3ccc(Cl)cc3)nc2)CC1. The molecule has 0 atom stereocenters. The van der Waals surface area contributed by atoms with E-state index in [2.05, 4.69) is 29.8 Å². The lowest BCUT2D eigenvalue weighted by molar-refractivity contribution is 0.300. The molecule has 3 rings (SSSR count). The fraction of sp³-hybridized carbons (Fsp3) is 0.409. The zero-order chi connectivity index (χ0) is 16.8. The molecular weight excluding hydrogens is 314 g/mol. The number of nitrogens with zero attached hydrogens (tertiary/aromatic N) is 1. The Kier molecular flexibility index (Phi) is 5.94. The molecular formula is C22H24ClN. The lowest BCUT2D eigenvalue weighted by atomic mass is 9.80. The van der Waals surface area contributed by atoms with E-state index in [-0.39, 0.29) is 0 Å². The highest BCUT2D eigenvalue weighted by molar-refractivity contribution is 6.30. The maximum Gasteiger partial charge on any atom is 0.0702 e. The van der Waals surface area contributed by atoms with Crippen LogP contribution in [0.4, 0.5) is 0 Å². The van der Waals surface area contributed by atoms with Gasteiger partial charge in [-0.1, -0.05) is 55.3 Å². The van der Waals surface area contributed by atoms with Crippen molar-refractivity contribution in [2.24, 2.45) is 11.8 Å². The summed E-state index contributed by atoms with van der Waals surface area (Å²) in [6.07, 6.45) is 9.78. The second-order valence-corrected chi connectivity index (χ2v) is 7.15. The minimum absolute atomic E-state index is 0.564. The number of hydrogen-bond acceptors (Lipinski definition) is 1. The van der Waals surface area contributed by atoms with Crippen LogP contribution in [0, 0.1) is 23.7 Å². The highest BCUT2D eigenvalue weighted by Gasteiger charge is 2.18. The van der Waals surface area contributed by atoms with E-state index in [1.54, 1.807) is 0 Å². The molecule has 1 fully saturated rings. The van der Waals surface area contributed by atoms with Gasteiger partial charge in [-0.3, -0.25) is 4.98 Å². The van der Waals surface area contributed by atoms with Crippen LogP contribution >= 0.6 is 11.6 Å². The summed E-state index contributed by atoms with van der Waals surface area (Å²) in [4.78, 5) is 4.53. The summed E-state index contributed by atoms with van der Waals surface area (Å²) in [6.45, 7) is 2.28. The molecule has 1 saturated carbocycles. The zero-order valence-electron chi connectivity index (χ0n) is 14.3. The van der Waals surface area contributed by atoms with E-state index in [9.17, 15) is 0 Å². The van der Waals surface area contributed by atoms with Gasteiger partial charge in [0, 0.05) is 28.3 Å². The molecule has 1 nitrogen and oxygen atoms in total. The molecule has 0 unspecified atom stereocenters. The van der Waals surface area contributed by atoms with Crippen molar-refractivity contribution in [3.05, 3.63) is 53.2 Å². The van der Waals surface area contributed by atoms with Gasteiger partial charge in [0.25, 0.3) is 0 Å². The van der Waals surface area contributed by atoms with Crippen molar-refractivity contribution in [3.63, 3.8) is 0 Å². The van der Waals surface area contributed by atoms with E-state index in [0.717, 1.165) is 27.8 Å². The van der Waals surface area contributed by atoms with Gasteiger partial charge < -0.3 is 0 Å². The summed E-state index contributed by atoms with van der Waals surface area (Å²) in [6, 6.07) is 11.9. The van der Waals surface area contributed by atoms with Gasteiger partial charge in [-0.25, -0.2) is 0 Å². The Morgan fingerprint density at radius 3 is 2.42 bits per heavy atom. The van der Waals surface area contributed by atoms with Crippen LogP contribution < -0.4 is 0 Å². The number of halogens is 1. The van der Waals surface area contributed by atoms with Crippen molar-refractivity contribution in [2.45, 2.75) is 45.4 Å². The smallest absolute Gasteiger partial charge is 0.0702 e. The summed E-state index contributed by atoms with van der Waals surface area (Å²) in [5.74, 6) is 8.28. The molecule has 1 heterocycles. The minimum atomic E-state index is 0.564. The van der Waals surface area contributed by atoms with Crippen LogP contribution in [0.15, 0.2) is 42.6 Å². The van der Waals surface area contributed by atoms with Gasteiger partial charge in [0.15, 0.2) is 0 Å². The first-order chi connectivity index (χ1) is 11.7. The number of benzene rings is 1. The summed E-state index contributed by atoms with van der Waals surface area (Å²) in [7, 11) is 0. The average Bonchev–Trinajstić information content (AvgIpc) is 2.63. The summed E-state index contributed by atoms with van der Waals surface area (Å²) in [5, 5.41) is 0.745. The number of pyridine rings is 1. The first kappa shape index (κ1) is 17.1. The van der Waals surface area contributed by atoms with Crippen LogP contribution in [0.25, 0.3) is 11.3 Å². The van der Waals surface area contributed by atoms with Gasteiger partial charge >= 0.3 is 0 Å². The second-order valence-electron chi connectivity index (χ2n) is 6.71. The molecule has 0 amide bonds. The van der Waals surface area contributed by atoms with E-state index < -0.39 is 0 Å². The molecule has 1 aliphatic rings. The predicted molar refractivity (Wildman–Crippen MR) is 102 cm³/mol. The molecule has 0 radical (unpaired) electrons. The van der Waals surface area contributed by atoms with Gasteiger partial charge in [-0.2, -0.15) is 0 Å². The standard InChI is InChI=1S/C22H24ClN/c1-2-3-17-4-6-18(7-5-17)8-9-19-10-15-22(24-16-19)20-11-13-21(23)14-12-20/h10-18H,2-7H2,1H3/t17-,18-. The second kappa shape index (κ2) is 8.36. The Morgan fingerprint density at radius 2 is 1.79 bits per heavy atom. The molecule has 24 heavy (non-hydrogen) atoms. The van der Waals surface area contributed by atoms with Crippen molar-refractivity contribution in [1.29, 1.82) is 0 Å². The van der Waals surface area contributed by atoms with E-state index in [0.29, 0.717) is 5.92 Å². The van der Waals surface area contributed by atoms with Crippen LogP contribution in [-0.4, -0.2) is 4.98 Å². The van der Waals surface area contributed by atoms with Gasteiger partial charge in [-0.15, -0.1) is 0 Å². The predicted octanol–water partition coefficient (Wildman–Crippen LogP) is 6.36. The van der Waals surface area contributed by atoms with E-state index >= 15 is 0 Å². The molecule has 1 aliphatic carbocycles. The lowest BCUT2D eigenvalue weighted by Crippen LogP contribution is -2.13. The molecule has 0 N–H and O–H groups in total. The Labute approximate surface area is 150 Å². The summed E-state index contributed by atoms with van der Waals surface area (Å²) in [5.41, 5.74) is 3.04. The topological polar surface area (TPSA) is 12.9 Å². The molecule has 124 valence electrons. The van der Waals surface area contributed by atoms with Crippen molar-refractivity contribution >= 4 is 11.6 Å². The third-order valence-corrected chi connectivity index (χ3v) is 5.12. The van der Waals surface area contributed by atoms with Crippen LogP contribution in [-0.2, 0) is 0 Å². The maximum atomic E-state index is 5.93. The van der Waals surface area contributed by atoms with Crippen LogP contribution in [0.2, 0.25) is 5.02 Å². The van der Waals surface area contributed by atoms with Crippen LogP contribution in [0.5, 0.6) is 0 Å². The molecule has 1 aromatic heterocycles. The summed E-state index contributed by atoms with van der Waals surface area (Å²) < 4.78 is 0. The Balaban J connectivity index is 1.60. The van der Waals surface area contributed by atoms with E-state index in [1.807, 2.05) is 36.5 Å². The van der Waals surface area contributed by atoms with Crippen LogP contribution in [0.3, 0.4) is 0 Å². The molecule has 0 bridgehead atoms. The van der Waals surface area contributed by atoms with Crippen molar-refractivity contribution < 1.29 is 0 Å². The monoisotopic (exact) mass is 337 g/mol. The third kappa shape index (κ3) is 4.62. The average molecular weight is 338 g/mol. The molecule has 0 saturated heterocycles. The van der Waals surface area contributed by atoms with Gasteiger partial charge in [-0.05, 0) is 55.9 Å². The van der Waals surface area contributed by atoms with Crippen molar-refractivity contribution in [2.75, 3.05) is 0 Å². The van der Waals surface area contributed by atoms with Gasteiger partial charge in [0.1, 0.15) is 0 Å². The minimum Gasteiger partial charge on any atom is -0.255 e. The quantitative estimate of drug-likeness (QED) is 0.594. The lowest BCUT2D eigenvalue weighted by Gasteiger charge is -2.25. The molecule has 0 aliphatic heterocycles. The molecule has 2 heteroatoms. The largest absolute Gasteiger partial charge is 0.255 e. The number of aromatic nitrogens is 1. The Bertz CT molecular complexity index is 698. The van der Waals surface area contributed by atoms with Gasteiger partial charge in [0.05, 0.1) is 5.69 Å². The highest BCUT2D eigenvalue weighted by Crippen LogP contribution is 2.31. The van der Waals surface area contributed by atoms with E-state index in [1.165, 1.54) is 38.5 Å². The van der Waals surface area contributed by atoms with Crippen molar-refractivity contribution in [1.82, 2.24) is 4.98 Å². The van der Waals surface area contributed by atoms with Crippen molar-refractivity contribution in [3.8, 4) is 23.1 Å². The summed E-state index contributed by atoms with van der Waals surface area (Å²) >= 11 is 5.93. The van der Waals surface area contributed by atoms with Crippen LogP contribution in [0.1, 0.15) is 51.0 Å². The number of hydrogen-bond donors (Lipinski definition) is 0. The highest BCUT2D eigenvalue weighted by atomic mass is 35.5. The first-order valence-corrected chi connectivity index (χ1v) is 9.36. The number of rotatable bonds is 3. The molecule has 2 aromatic rings. The fourth-order valence-electron chi connectivity index (χ4n) is 3.45. The van der Waals surface area contributed by atoms with Gasteiger partial charge in [0.2, 0.25) is 0 Å². The van der Waals surface area contributed by atoms with E-state index in [4.69, 9.17) is 11.6 Å². The first-order valence-electron chi connectivity index (χ1n) is 8.98. The normalized spacial score (nSPS) is 20.2. The molecule has 0 spiro atoms.